The Labute approximate surface area is 152 Å². The third-order valence-electron chi connectivity index (χ3n) is 5.39. The Balaban J connectivity index is 4.88. The van der Waals surface area contributed by atoms with Gasteiger partial charge in [-0.2, -0.15) is 0 Å². The van der Waals surface area contributed by atoms with Crippen molar-refractivity contribution in [2.24, 2.45) is 10.8 Å². The maximum Gasteiger partial charge on any atom is 0.0678 e. The van der Waals surface area contributed by atoms with Gasteiger partial charge in [0.1, 0.15) is 0 Å². The molecule has 0 atom stereocenters. The van der Waals surface area contributed by atoms with Crippen molar-refractivity contribution < 1.29 is 4.74 Å². The first-order chi connectivity index (χ1) is 10.6. The number of ether oxygens (including phenoxy) is 1. The van der Waals surface area contributed by atoms with Gasteiger partial charge in [0, 0.05) is 38.1 Å². The molecule has 1 N–H and O–H groups in total. The number of nitrogens with zero attached hydrogens (tertiary/aromatic N) is 1. The van der Waals surface area contributed by atoms with Gasteiger partial charge in [0.15, 0.2) is 0 Å². The Morgan fingerprint density at radius 1 is 0.958 bits per heavy atom. The molecule has 0 saturated heterocycles. The zero-order valence-corrected chi connectivity index (χ0v) is 18.3. The summed E-state index contributed by atoms with van der Waals surface area (Å²) < 4.78 is 6.35. The molecule has 3 nitrogen and oxygen atoms in total. The molecule has 0 radical (unpaired) electrons. The summed E-state index contributed by atoms with van der Waals surface area (Å²) in [5.74, 6) is 0. The molecular weight excluding hydrogens is 296 g/mol. The molecular formula is C21H44N2O. The molecule has 0 rings (SSSR count). The fourth-order valence-electron chi connectivity index (χ4n) is 2.71. The van der Waals surface area contributed by atoms with Gasteiger partial charge in [0.2, 0.25) is 0 Å². The van der Waals surface area contributed by atoms with E-state index in [1.54, 1.807) is 0 Å². The highest BCUT2D eigenvalue weighted by Crippen LogP contribution is 2.42. The first kappa shape index (κ1) is 23.3. The number of hydrogen-bond donors (Lipinski definition) is 1. The van der Waals surface area contributed by atoms with Gasteiger partial charge in [0.25, 0.3) is 0 Å². The van der Waals surface area contributed by atoms with Crippen LogP contribution in [0.3, 0.4) is 0 Å². The lowest BCUT2D eigenvalue weighted by Crippen LogP contribution is -2.50. The van der Waals surface area contributed by atoms with Crippen molar-refractivity contribution >= 4 is 0 Å². The third-order valence-corrected chi connectivity index (χ3v) is 5.39. The van der Waals surface area contributed by atoms with Gasteiger partial charge in [-0.25, -0.2) is 0 Å². The summed E-state index contributed by atoms with van der Waals surface area (Å²) >= 11 is 0. The predicted octanol–water partition coefficient (Wildman–Crippen LogP) is 5.43. The summed E-state index contributed by atoms with van der Waals surface area (Å²) in [5.41, 5.74) is 0.271. The molecule has 0 aromatic rings. The van der Waals surface area contributed by atoms with Gasteiger partial charge in [-0.05, 0) is 58.3 Å². The second-order valence-corrected chi connectivity index (χ2v) is 10.0. The molecule has 144 valence electrons. The minimum atomic E-state index is -0.165. The Morgan fingerprint density at radius 2 is 1.50 bits per heavy atom. The minimum Gasteiger partial charge on any atom is -0.390 e. The van der Waals surface area contributed by atoms with Crippen LogP contribution in [-0.2, 0) is 4.74 Å². The molecule has 0 unspecified atom stereocenters. The normalized spacial score (nSPS) is 14.3. The summed E-state index contributed by atoms with van der Waals surface area (Å²) in [6, 6.07) is 0. The van der Waals surface area contributed by atoms with Crippen molar-refractivity contribution in [3.63, 3.8) is 0 Å². The van der Waals surface area contributed by atoms with Crippen LogP contribution < -0.4 is 5.32 Å². The van der Waals surface area contributed by atoms with Gasteiger partial charge in [-0.15, -0.1) is 0 Å². The number of rotatable bonds is 10. The van der Waals surface area contributed by atoms with E-state index in [2.05, 4.69) is 92.7 Å². The lowest BCUT2D eigenvalue weighted by molar-refractivity contribution is -0.117. The van der Waals surface area contributed by atoms with Gasteiger partial charge in [-0.1, -0.05) is 34.6 Å². The first-order valence-corrected chi connectivity index (χ1v) is 9.42. The van der Waals surface area contributed by atoms with Crippen LogP contribution in [0, 0.1) is 10.8 Å². The van der Waals surface area contributed by atoms with Crippen LogP contribution in [0.4, 0.5) is 0 Å². The molecule has 0 fully saturated rings. The molecule has 0 aliphatic carbocycles. The highest BCUT2D eigenvalue weighted by atomic mass is 16.5. The van der Waals surface area contributed by atoms with E-state index in [9.17, 15) is 0 Å². The molecule has 24 heavy (non-hydrogen) atoms. The molecule has 0 heterocycles. The lowest BCUT2D eigenvalue weighted by atomic mass is 9.69. The van der Waals surface area contributed by atoms with Crippen molar-refractivity contribution in [3.05, 3.63) is 12.4 Å². The Hall–Kier alpha value is -0.700. The fourth-order valence-corrected chi connectivity index (χ4v) is 2.71. The van der Waals surface area contributed by atoms with Crippen LogP contribution in [0.25, 0.3) is 0 Å². The van der Waals surface area contributed by atoms with Crippen molar-refractivity contribution in [1.29, 1.82) is 0 Å². The van der Waals surface area contributed by atoms with Crippen LogP contribution in [-0.4, -0.2) is 36.2 Å². The van der Waals surface area contributed by atoms with Crippen LogP contribution in [0.2, 0.25) is 0 Å². The Morgan fingerprint density at radius 3 is 1.96 bits per heavy atom. The van der Waals surface area contributed by atoms with Crippen molar-refractivity contribution in [2.75, 3.05) is 20.2 Å². The van der Waals surface area contributed by atoms with Crippen LogP contribution >= 0.6 is 0 Å². The molecule has 0 bridgehead atoms. The van der Waals surface area contributed by atoms with Gasteiger partial charge in [-0.3, -0.25) is 0 Å². The van der Waals surface area contributed by atoms with Crippen molar-refractivity contribution in [3.8, 4) is 0 Å². The van der Waals surface area contributed by atoms with Crippen LogP contribution in [0.5, 0.6) is 0 Å². The number of hydrogen-bond acceptors (Lipinski definition) is 3. The predicted molar refractivity (Wildman–Crippen MR) is 107 cm³/mol. The van der Waals surface area contributed by atoms with E-state index in [1.807, 2.05) is 6.20 Å². The summed E-state index contributed by atoms with van der Waals surface area (Å²) in [4.78, 5) is 2.29. The quantitative estimate of drug-likeness (QED) is 0.574. The molecule has 0 amide bonds. The standard InChI is InChI=1S/C21H44N2O/c1-12-22-14-15-23(11)20(7,8)17-19(5,6)21(9,10)24-16-13-18(2,3)4/h14-15,22H,12-13,16-17H2,1-11H3/b15-14-. The largest absolute Gasteiger partial charge is 0.390 e. The van der Waals surface area contributed by atoms with Gasteiger partial charge in [0.05, 0.1) is 5.60 Å². The van der Waals surface area contributed by atoms with Crippen LogP contribution in [0.15, 0.2) is 12.4 Å². The average Bonchev–Trinajstić information content (AvgIpc) is 2.35. The molecule has 0 saturated carbocycles. The monoisotopic (exact) mass is 340 g/mol. The molecule has 0 aromatic heterocycles. The van der Waals surface area contributed by atoms with E-state index in [4.69, 9.17) is 4.74 Å². The molecule has 0 aromatic carbocycles. The lowest BCUT2D eigenvalue weighted by Gasteiger charge is -2.48. The second-order valence-electron chi connectivity index (χ2n) is 10.0. The summed E-state index contributed by atoms with van der Waals surface area (Å²) in [6.07, 6.45) is 6.30. The van der Waals surface area contributed by atoms with E-state index in [0.29, 0.717) is 5.41 Å². The SMILES string of the molecule is CCN/C=C\N(C)C(C)(C)CC(C)(C)C(C)(C)OCCC(C)(C)C. The fraction of sp³-hybridized carbons (Fsp3) is 0.905. The molecule has 0 aliphatic rings. The highest BCUT2D eigenvalue weighted by molar-refractivity contribution is 4.98. The molecule has 3 heteroatoms. The average molecular weight is 341 g/mol. The number of nitrogens with one attached hydrogen (secondary N) is 1. The topological polar surface area (TPSA) is 24.5 Å². The van der Waals surface area contributed by atoms with Crippen LogP contribution in [0.1, 0.15) is 82.1 Å². The van der Waals surface area contributed by atoms with E-state index in [-0.39, 0.29) is 16.6 Å². The second kappa shape index (κ2) is 8.60. The van der Waals surface area contributed by atoms with Crippen molar-refractivity contribution in [1.82, 2.24) is 10.2 Å². The third kappa shape index (κ3) is 7.92. The smallest absolute Gasteiger partial charge is 0.0678 e. The zero-order chi connectivity index (χ0) is 19.2. The van der Waals surface area contributed by atoms with E-state index >= 15 is 0 Å². The van der Waals surface area contributed by atoms with Crippen molar-refractivity contribution in [2.45, 2.75) is 93.2 Å². The summed E-state index contributed by atoms with van der Waals surface area (Å²) in [5, 5.41) is 3.24. The Bertz CT molecular complexity index is 389. The van der Waals surface area contributed by atoms with E-state index in [0.717, 1.165) is 26.0 Å². The molecule has 0 aliphatic heterocycles. The van der Waals surface area contributed by atoms with E-state index < -0.39 is 0 Å². The summed E-state index contributed by atoms with van der Waals surface area (Å²) in [7, 11) is 2.15. The van der Waals surface area contributed by atoms with Gasteiger partial charge >= 0.3 is 0 Å². The molecule has 0 spiro atoms. The summed E-state index contributed by atoms with van der Waals surface area (Å²) in [6.45, 7) is 24.4. The Kier molecular flexibility index (Phi) is 8.35. The van der Waals surface area contributed by atoms with E-state index in [1.165, 1.54) is 0 Å². The van der Waals surface area contributed by atoms with Gasteiger partial charge < -0.3 is 15.0 Å². The maximum absolute atomic E-state index is 6.35. The minimum absolute atomic E-state index is 0.0556. The first-order valence-electron chi connectivity index (χ1n) is 9.42. The maximum atomic E-state index is 6.35. The zero-order valence-electron chi connectivity index (χ0n) is 18.3. The highest BCUT2D eigenvalue weighted by Gasteiger charge is 2.42.